The quantitative estimate of drug-likeness (QED) is 0.738. The van der Waals surface area contributed by atoms with E-state index >= 15 is 0 Å². The number of halogens is 1. The van der Waals surface area contributed by atoms with Gasteiger partial charge in [-0.05, 0) is 36.2 Å². The van der Waals surface area contributed by atoms with Gasteiger partial charge >= 0.3 is 0 Å². The van der Waals surface area contributed by atoms with Gasteiger partial charge in [0.15, 0.2) is 0 Å². The molecule has 0 saturated carbocycles. The van der Waals surface area contributed by atoms with E-state index in [9.17, 15) is 0 Å². The van der Waals surface area contributed by atoms with Crippen LogP contribution < -0.4 is 5.19 Å². The van der Waals surface area contributed by atoms with Crippen LogP contribution in [0.15, 0.2) is 65.1 Å². The van der Waals surface area contributed by atoms with Gasteiger partial charge in [-0.1, -0.05) is 69.7 Å². The first kappa shape index (κ1) is 13.3. The minimum Gasteiger partial charge on any atom is -0.0837 e. The second-order valence-corrected chi connectivity index (χ2v) is 6.40. The van der Waals surface area contributed by atoms with Crippen LogP contribution in [-0.4, -0.2) is 9.52 Å². The maximum atomic E-state index is 3.46. The van der Waals surface area contributed by atoms with Crippen LogP contribution in [0.3, 0.4) is 0 Å². The summed E-state index contributed by atoms with van der Waals surface area (Å²) in [4.78, 5) is 0. The highest BCUT2D eigenvalue weighted by atomic mass is 79.9. The summed E-state index contributed by atoms with van der Waals surface area (Å²) < 4.78 is 1.13. The Balaban J connectivity index is 1.95. The first-order valence-corrected chi connectivity index (χ1v) is 7.97. The van der Waals surface area contributed by atoms with E-state index in [0.29, 0.717) is 0 Å². The molecule has 18 heavy (non-hydrogen) atoms. The van der Waals surface area contributed by atoms with Crippen LogP contribution in [0.5, 0.6) is 0 Å². The van der Waals surface area contributed by atoms with Crippen molar-refractivity contribution in [3.05, 3.63) is 70.7 Å². The van der Waals surface area contributed by atoms with Gasteiger partial charge in [0.05, 0.1) is 9.52 Å². The Labute approximate surface area is 120 Å². The third-order valence-corrected chi connectivity index (χ3v) is 4.47. The molecule has 2 aromatic rings. The zero-order chi connectivity index (χ0) is 12.8. The summed E-state index contributed by atoms with van der Waals surface area (Å²) in [5, 5.41) is 1.43. The van der Waals surface area contributed by atoms with Crippen molar-refractivity contribution in [1.29, 1.82) is 0 Å². The van der Waals surface area contributed by atoms with Gasteiger partial charge in [-0.15, -0.1) is 0 Å². The van der Waals surface area contributed by atoms with Crippen molar-refractivity contribution >= 4 is 36.2 Å². The fourth-order valence-electron chi connectivity index (χ4n) is 1.71. The molecule has 2 rings (SSSR count). The number of hydrogen-bond acceptors (Lipinski definition) is 0. The molecule has 0 bridgehead atoms. The van der Waals surface area contributed by atoms with Gasteiger partial charge in [0.2, 0.25) is 0 Å². The second-order valence-electron chi connectivity index (χ2n) is 4.14. The highest BCUT2D eigenvalue weighted by molar-refractivity contribution is 9.10. The molecule has 0 aliphatic carbocycles. The predicted octanol–water partition coefficient (Wildman–Crippen LogP) is 4.30. The van der Waals surface area contributed by atoms with Crippen molar-refractivity contribution in [1.82, 2.24) is 0 Å². The first-order chi connectivity index (χ1) is 8.75. The molecular weight excluding hydrogens is 300 g/mol. The molecule has 2 heteroatoms. The fraction of sp³-hybridized carbons (Fsp3) is 0.125. The number of hydrogen-bond donors (Lipinski definition) is 0. The zero-order valence-corrected chi connectivity index (χ0v) is 12.9. The Morgan fingerprint density at radius 2 is 1.72 bits per heavy atom. The maximum Gasteiger partial charge on any atom is 0.0849 e. The largest absolute Gasteiger partial charge is 0.0849 e. The summed E-state index contributed by atoms with van der Waals surface area (Å²) in [6.45, 7) is 2.18. The lowest BCUT2D eigenvalue weighted by Gasteiger charge is -2.02. The average molecular weight is 315 g/mol. The lowest BCUT2D eigenvalue weighted by Crippen LogP contribution is -2.11. The van der Waals surface area contributed by atoms with Gasteiger partial charge in [0.25, 0.3) is 0 Å². The number of allylic oxidation sites excluding steroid dienone is 2. The summed E-state index contributed by atoms with van der Waals surface area (Å²) in [6, 6.07) is 20.3. The molecule has 0 atom stereocenters. The fourth-order valence-corrected chi connectivity index (χ4v) is 3.05. The molecule has 0 fully saturated rings. The van der Waals surface area contributed by atoms with E-state index in [-0.39, 0.29) is 0 Å². The normalized spacial score (nSPS) is 11.6. The summed E-state index contributed by atoms with van der Waals surface area (Å²) in [7, 11) is 0.854. The van der Waals surface area contributed by atoms with Crippen LogP contribution in [0.4, 0.5) is 0 Å². The first-order valence-electron chi connectivity index (χ1n) is 5.97. The van der Waals surface area contributed by atoms with Crippen molar-refractivity contribution in [2.75, 3.05) is 0 Å². The van der Waals surface area contributed by atoms with Gasteiger partial charge < -0.3 is 0 Å². The van der Waals surface area contributed by atoms with Crippen molar-refractivity contribution in [2.45, 2.75) is 13.0 Å². The molecule has 0 N–H and O–H groups in total. The minimum absolute atomic E-state index is 0.854. The molecule has 0 aliphatic heterocycles. The van der Waals surface area contributed by atoms with Crippen LogP contribution >= 0.6 is 15.9 Å². The molecule has 2 aromatic carbocycles. The molecule has 0 heterocycles. The third-order valence-electron chi connectivity index (χ3n) is 2.79. The molecule has 0 unspecified atom stereocenters. The minimum atomic E-state index is 0.854. The van der Waals surface area contributed by atoms with E-state index in [2.05, 4.69) is 83.5 Å². The highest BCUT2D eigenvalue weighted by Crippen LogP contribution is 2.17. The van der Waals surface area contributed by atoms with Gasteiger partial charge in [-0.2, -0.15) is 0 Å². The van der Waals surface area contributed by atoms with E-state index in [1.807, 2.05) is 0 Å². The van der Waals surface area contributed by atoms with Gasteiger partial charge in [0, 0.05) is 4.47 Å². The Bertz CT molecular complexity index is 515. The van der Waals surface area contributed by atoms with Gasteiger partial charge in [0.1, 0.15) is 0 Å². The Hall–Kier alpha value is -1.12. The van der Waals surface area contributed by atoms with E-state index in [4.69, 9.17) is 0 Å². The van der Waals surface area contributed by atoms with Gasteiger partial charge in [-0.25, -0.2) is 0 Å². The smallest absolute Gasteiger partial charge is 0.0837 e. The van der Waals surface area contributed by atoms with Crippen LogP contribution in [-0.2, 0) is 0 Å². The van der Waals surface area contributed by atoms with E-state index in [1.165, 1.54) is 16.3 Å². The van der Waals surface area contributed by atoms with E-state index < -0.39 is 0 Å². The Morgan fingerprint density at radius 1 is 1.06 bits per heavy atom. The summed E-state index contributed by atoms with van der Waals surface area (Å²) in [6.07, 6.45) is 2.33. The van der Waals surface area contributed by atoms with Crippen LogP contribution in [0.1, 0.15) is 12.5 Å². The molecule has 0 aliphatic rings. The summed E-state index contributed by atoms with van der Waals surface area (Å²) >= 11 is 3.46. The molecule has 0 aromatic heterocycles. The molecule has 0 amide bonds. The highest BCUT2D eigenvalue weighted by Gasteiger charge is 1.96. The molecule has 0 saturated heterocycles. The molecular formula is C16H15BrSi. The van der Waals surface area contributed by atoms with E-state index in [0.717, 1.165) is 20.0 Å². The Morgan fingerprint density at radius 3 is 2.39 bits per heavy atom. The lowest BCUT2D eigenvalue weighted by atomic mass is 10.1. The van der Waals surface area contributed by atoms with Crippen LogP contribution in [0.25, 0.3) is 5.57 Å². The number of benzene rings is 2. The SMILES string of the molecule is C/C(=C/C[Si]c1ccccc1)c1ccc(Br)cc1. The Kier molecular flexibility index (Phi) is 4.97. The topological polar surface area (TPSA) is 0 Å². The van der Waals surface area contributed by atoms with Crippen LogP contribution in [0, 0.1) is 0 Å². The number of rotatable bonds is 4. The van der Waals surface area contributed by atoms with Crippen molar-refractivity contribution in [3.63, 3.8) is 0 Å². The standard InChI is InChI=1S/C16H15BrSi/c1-13(14-7-9-15(17)10-8-14)11-12-18-16-5-3-2-4-6-16/h2-11H,12H2,1H3/b13-11-. The summed E-state index contributed by atoms with van der Waals surface area (Å²) in [5.74, 6) is 0. The average Bonchev–Trinajstić information content (AvgIpc) is 2.40. The van der Waals surface area contributed by atoms with Crippen molar-refractivity contribution in [3.8, 4) is 0 Å². The second kappa shape index (κ2) is 6.71. The molecule has 0 spiro atoms. The van der Waals surface area contributed by atoms with Crippen LogP contribution in [0.2, 0.25) is 6.04 Å². The molecule has 2 radical (unpaired) electrons. The van der Waals surface area contributed by atoms with Crippen molar-refractivity contribution in [2.24, 2.45) is 0 Å². The third kappa shape index (κ3) is 3.97. The molecule has 0 nitrogen and oxygen atoms in total. The van der Waals surface area contributed by atoms with Gasteiger partial charge in [-0.3, -0.25) is 0 Å². The van der Waals surface area contributed by atoms with Crippen molar-refractivity contribution < 1.29 is 0 Å². The summed E-state index contributed by atoms with van der Waals surface area (Å²) in [5.41, 5.74) is 2.65. The zero-order valence-electron chi connectivity index (χ0n) is 10.4. The van der Waals surface area contributed by atoms with E-state index in [1.54, 1.807) is 0 Å². The lowest BCUT2D eigenvalue weighted by molar-refractivity contribution is 1.52. The maximum absolute atomic E-state index is 3.46. The predicted molar refractivity (Wildman–Crippen MR) is 84.4 cm³/mol. The monoisotopic (exact) mass is 314 g/mol. The molecule has 90 valence electrons.